The Morgan fingerprint density at radius 2 is 1.56 bits per heavy atom. The highest BCUT2D eigenvalue weighted by molar-refractivity contribution is 8.37. The van der Waals surface area contributed by atoms with Gasteiger partial charge in [0.2, 0.25) is 12.0 Å². The van der Waals surface area contributed by atoms with Gasteiger partial charge in [-0.1, -0.05) is 0 Å². The molecule has 0 bridgehead atoms. The maximum atomic E-state index is 5.91. The Hall–Kier alpha value is -0.840. The molecule has 180 valence electrons. The molecule has 0 radical (unpaired) electrons. The lowest BCUT2D eigenvalue weighted by Gasteiger charge is -2.17. The predicted molar refractivity (Wildman–Crippen MR) is 156 cm³/mol. The van der Waals surface area contributed by atoms with Crippen LogP contribution in [0.2, 0.25) is 0 Å². The molecule has 0 amide bonds. The van der Waals surface area contributed by atoms with E-state index in [4.69, 9.17) is 55.1 Å². The summed E-state index contributed by atoms with van der Waals surface area (Å²) in [6.45, 7) is 0. The number of rotatable bonds is 12. The summed E-state index contributed by atoms with van der Waals surface area (Å²) in [5.41, 5.74) is 1.72. The van der Waals surface area contributed by atoms with E-state index in [1.165, 1.54) is 4.78 Å². The quantitative estimate of drug-likeness (QED) is 0.134. The Balaban J connectivity index is 1.88. The fourth-order valence-electron chi connectivity index (χ4n) is 1.93. The largest absolute Gasteiger partial charge is 0.450 e. The smallest absolute Gasteiger partial charge is 0.253 e. The lowest BCUT2D eigenvalue weighted by atomic mass is 10.2. The number of benzene rings is 2. The first-order valence-corrected chi connectivity index (χ1v) is 18.1. The summed E-state index contributed by atoms with van der Waals surface area (Å²) in [7, 11) is 5.38. The molecular formula is C16H18Cl2N7O2P5S2. The number of hydrogen-bond acceptors (Lipinski definition) is 6. The molecule has 2 aromatic carbocycles. The molecule has 0 aliphatic rings. The molecule has 0 fully saturated rings. The van der Waals surface area contributed by atoms with E-state index in [1.54, 1.807) is 43.4 Å². The average molecular weight is 630 g/mol. The van der Waals surface area contributed by atoms with E-state index >= 15 is 0 Å². The van der Waals surface area contributed by atoms with E-state index in [2.05, 4.69) is 33.5 Å². The van der Waals surface area contributed by atoms with Crippen molar-refractivity contribution >= 4 is 96.6 Å². The zero-order valence-electron chi connectivity index (χ0n) is 17.6. The van der Waals surface area contributed by atoms with Gasteiger partial charge in [-0.05, 0) is 106 Å². The maximum absolute atomic E-state index is 5.91. The average Bonchev–Trinajstić information content (AvgIpc) is 2.81. The Morgan fingerprint density at radius 1 is 1.00 bits per heavy atom. The van der Waals surface area contributed by atoms with Gasteiger partial charge in [-0.3, -0.25) is 0 Å². The summed E-state index contributed by atoms with van der Waals surface area (Å²) >= 11 is 22.3. The lowest BCUT2D eigenvalue weighted by Crippen LogP contribution is -2.03. The van der Waals surface area contributed by atoms with Crippen LogP contribution in [0.5, 0.6) is 11.5 Å². The van der Waals surface area contributed by atoms with Crippen molar-refractivity contribution in [2.45, 2.75) is 0 Å². The van der Waals surface area contributed by atoms with Gasteiger partial charge in [-0.15, -0.1) is 14.2 Å². The maximum Gasteiger partial charge on any atom is 0.253 e. The van der Waals surface area contributed by atoms with Crippen LogP contribution in [0.1, 0.15) is 11.1 Å². The van der Waals surface area contributed by atoms with Gasteiger partial charge in [-0.25, -0.2) is 9.56 Å². The monoisotopic (exact) mass is 629 g/mol. The van der Waals surface area contributed by atoms with Gasteiger partial charge in [0.15, 0.2) is 8.52 Å². The molecule has 0 saturated heterocycles. The van der Waals surface area contributed by atoms with Gasteiger partial charge in [0.05, 0.1) is 12.4 Å². The van der Waals surface area contributed by atoms with Crippen molar-refractivity contribution in [1.29, 1.82) is 0 Å². The first kappa shape index (κ1) is 29.4. The fraction of sp³-hybridized carbons (Fsp3) is 0.125. The van der Waals surface area contributed by atoms with Gasteiger partial charge in [0, 0.05) is 23.1 Å². The van der Waals surface area contributed by atoms with Crippen LogP contribution >= 0.6 is 60.6 Å². The molecule has 9 nitrogen and oxygen atoms in total. The molecule has 0 aliphatic carbocycles. The summed E-state index contributed by atoms with van der Waals surface area (Å²) in [5, 5.41) is 8.54. The van der Waals surface area contributed by atoms with Crippen LogP contribution in [0.25, 0.3) is 0 Å². The van der Waals surface area contributed by atoms with Crippen LogP contribution in [0.3, 0.4) is 0 Å². The van der Waals surface area contributed by atoms with Crippen molar-refractivity contribution < 1.29 is 9.05 Å². The van der Waals surface area contributed by atoms with Gasteiger partial charge < -0.3 is 9.05 Å². The zero-order chi connectivity index (χ0) is 25.0. The predicted octanol–water partition coefficient (Wildman–Crippen LogP) is 8.22. The molecule has 0 heterocycles. The summed E-state index contributed by atoms with van der Waals surface area (Å²) < 4.78 is 18.3. The molecule has 0 saturated carbocycles. The van der Waals surface area contributed by atoms with Crippen molar-refractivity contribution in [3.8, 4) is 11.5 Å². The van der Waals surface area contributed by atoms with Crippen LogP contribution in [-0.4, -0.2) is 36.1 Å². The van der Waals surface area contributed by atoms with E-state index in [1.807, 2.05) is 36.4 Å². The van der Waals surface area contributed by atoms with Crippen LogP contribution in [0, 0.1) is 0 Å². The summed E-state index contributed by atoms with van der Waals surface area (Å²) in [6, 6.07) is 14.7. The van der Waals surface area contributed by atoms with E-state index < -0.39 is 12.0 Å². The lowest BCUT2D eigenvalue weighted by molar-refractivity contribution is 0.515. The van der Waals surface area contributed by atoms with Crippen molar-refractivity contribution in [2.75, 3.05) is 14.1 Å². The topological polar surface area (TPSA) is 86.7 Å². The summed E-state index contributed by atoms with van der Waals surface area (Å²) in [4.78, 5) is 4.39. The highest BCUT2D eigenvalue weighted by Crippen LogP contribution is 2.59. The minimum atomic E-state index is -2.63. The minimum Gasteiger partial charge on any atom is -0.450 e. The van der Waals surface area contributed by atoms with Crippen molar-refractivity contribution in [2.24, 2.45) is 24.4 Å². The summed E-state index contributed by atoms with van der Waals surface area (Å²) in [6.07, 6.45) is 3.32. The third kappa shape index (κ3) is 11.3. The highest BCUT2D eigenvalue weighted by atomic mass is 35.9. The molecule has 34 heavy (non-hydrogen) atoms. The number of halogens is 2. The van der Waals surface area contributed by atoms with Gasteiger partial charge >= 0.3 is 0 Å². The van der Waals surface area contributed by atoms with E-state index in [0.29, 0.717) is 28.6 Å². The Kier molecular flexibility index (Phi) is 13.2. The third-order valence-electron chi connectivity index (χ3n) is 3.63. The van der Waals surface area contributed by atoms with Crippen LogP contribution in [0.15, 0.2) is 73.0 Å². The van der Waals surface area contributed by atoms with E-state index in [-0.39, 0.29) is 0 Å². The molecular weight excluding hydrogens is 612 g/mol. The minimum absolute atomic E-state index is 0.432. The standard InChI is InChI=1S/C16H18Cl2N7O2P5S2/c1-24(19-11-13-3-7-15(8-4-13)26-30-23-29-22-21-28)31(33)27-16-9-5-14(6-10-16)12-20-25(2)32(17,18)34/h3-12,28,31H,1-2H3. The molecule has 2 rings (SSSR count). The Morgan fingerprint density at radius 3 is 2.12 bits per heavy atom. The normalized spacial score (nSPS) is 13.1. The first-order valence-electron chi connectivity index (χ1n) is 9.00. The van der Waals surface area contributed by atoms with Gasteiger partial charge in [0.1, 0.15) is 11.5 Å². The Bertz CT molecular complexity index is 1150. The molecule has 2 aromatic rings. The van der Waals surface area contributed by atoms with Gasteiger partial charge in [0.25, 0.3) is 8.60 Å². The van der Waals surface area contributed by atoms with Crippen molar-refractivity contribution in [1.82, 2.24) is 9.56 Å². The molecule has 0 aliphatic heterocycles. The van der Waals surface area contributed by atoms with Crippen LogP contribution in [0.4, 0.5) is 0 Å². The fourth-order valence-corrected chi connectivity index (χ4v) is 4.31. The number of nitrogens with zero attached hydrogens (tertiary/aromatic N) is 7. The Labute approximate surface area is 223 Å². The second-order valence-electron chi connectivity index (χ2n) is 5.98. The zero-order valence-corrected chi connectivity index (χ0v) is 25.5. The first-order chi connectivity index (χ1) is 16.2. The summed E-state index contributed by atoms with van der Waals surface area (Å²) in [5.74, 6) is 1.31. The SMILES string of the molecule is CN(N=Cc1ccc(O/P=N\P=N\N=P)cc1)[PH](=S)Oc1ccc(C=NN(C)P(=S)(Cl)Cl)cc1. The molecule has 0 spiro atoms. The van der Waals surface area contributed by atoms with Crippen molar-refractivity contribution in [3.05, 3.63) is 59.7 Å². The molecule has 18 heteroatoms. The van der Waals surface area contributed by atoms with Crippen LogP contribution in [-0.2, 0) is 23.6 Å². The highest BCUT2D eigenvalue weighted by Gasteiger charge is 2.12. The van der Waals surface area contributed by atoms with Crippen LogP contribution < -0.4 is 9.05 Å². The number of hydrogen-bond donors (Lipinski definition) is 0. The third-order valence-corrected chi connectivity index (χ3v) is 9.87. The molecule has 0 aromatic heterocycles. The molecule has 1 atom stereocenters. The second kappa shape index (κ2) is 15.3. The molecule has 0 N–H and O–H groups in total. The van der Waals surface area contributed by atoms with E-state index in [0.717, 1.165) is 11.1 Å². The van der Waals surface area contributed by atoms with Crippen molar-refractivity contribution in [3.63, 3.8) is 0 Å². The van der Waals surface area contributed by atoms with E-state index in [9.17, 15) is 0 Å². The van der Waals surface area contributed by atoms with Gasteiger partial charge in [-0.2, -0.15) is 10.2 Å². The molecule has 1 unspecified atom stereocenters. The number of hydrazone groups is 2. The second-order valence-corrected chi connectivity index (χ2v) is 17.7.